The van der Waals surface area contributed by atoms with Gasteiger partial charge < -0.3 is 5.32 Å². The molecular formula is C20H22Cl2FN3O. The summed E-state index contributed by atoms with van der Waals surface area (Å²) < 4.78 is 13.0. The summed E-state index contributed by atoms with van der Waals surface area (Å²) in [6.45, 7) is 4.61. The number of nitrogens with one attached hydrogen (secondary N) is 1. The van der Waals surface area contributed by atoms with Crippen LogP contribution in [0, 0.1) is 5.82 Å². The molecule has 0 unspecified atom stereocenters. The van der Waals surface area contributed by atoms with Gasteiger partial charge in [-0.1, -0.05) is 35.3 Å². The van der Waals surface area contributed by atoms with Gasteiger partial charge in [0, 0.05) is 24.7 Å². The predicted molar refractivity (Wildman–Crippen MR) is 108 cm³/mol. The zero-order valence-electron chi connectivity index (χ0n) is 14.9. The molecule has 0 saturated carbocycles. The molecular weight excluding hydrogens is 388 g/mol. The molecule has 1 fully saturated rings. The molecule has 7 heteroatoms. The Morgan fingerprint density at radius 1 is 1.00 bits per heavy atom. The normalized spacial score (nSPS) is 16.1. The standard InChI is InChI=1S/C20H22Cl2FN3O/c21-16-4-7-19(18(22)12-16)24-20(27)14-26-9-1-8-25(10-11-26)13-15-2-5-17(23)6-3-15/h2-7,12H,1,8-11,13-14H2,(H,24,27). The first-order valence-electron chi connectivity index (χ1n) is 8.93. The Balaban J connectivity index is 1.48. The first-order chi connectivity index (χ1) is 13.0. The van der Waals surface area contributed by atoms with E-state index in [1.807, 2.05) is 12.1 Å². The van der Waals surface area contributed by atoms with Gasteiger partial charge in [0.2, 0.25) is 5.91 Å². The molecule has 27 heavy (non-hydrogen) atoms. The van der Waals surface area contributed by atoms with Crippen LogP contribution in [0.1, 0.15) is 12.0 Å². The van der Waals surface area contributed by atoms with Crippen molar-refractivity contribution >= 4 is 34.8 Å². The number of hydrogen-bond donors (Lipinski definition) is 1. The summed E-state index contributed by atoms with van der Waals surface area (Å²) in [5, 5.41) is 3.80. The summed E-state index contributed by atoms with van der Waals surface area (Å²) in [5.41, 5.74) is 1.67. The predicted octanol–water partition coefficient (Wildman–Crippen LogP) is 4.28. The van der Waals surface area contributed by atoms with Gasteiger partial charge in [-0.25, -0.2) is 4.39 Å². The summed E-state index contributed by atoms with van der Waals surface area (Å²) in [7, 11) is 0. The van der Waals surface area contributed by atoms with E-state index in [1.165, 1.54) is 12.1 Å². The van der Waals surface area contributed by atoms with Gasteiger partial charge in [0.25, 0.3) is 0 Å². The smallest absolute Gasteiger partial charge is 0.238 e. The summed E-state index contributed by atoms with van der Waals surface area (Å²) >= 11 is 12.0. The van der Waals surface area contributed by atoms with E-state index < -0.39 is 0 Å². The second kappa shape index (κ2) is 9.51. The monoisotopic (exact) mass is 409 g/mol. The lowest BCUT2D eigenvalue weighted by molar-refractivity contribution is -0.117. The largest absolute Gasteiger partial charge is 0.324 e. The molecule has 1 amide bonds. The maximum atomic E-state index is 13.0. The second-order valence-electron chi connectivity index (χ2n) is 6.70. The van der Waals surface area contributed by atoms with Gasteiger partial charge >= 0.3 is 0 Å². The van der Waals surface area contributed by atoms with Crippen LogP contribution in [0.15, 0.2) is 42.5 Å². The van der Waals surface area contributed by atoms with Crippen LogP contribution in [0.2, 0.25) is 10.0 Å². The fourth-order valence-electron chi connectivity index (χ4n) is 3.17. The highest BCUT2D eigenvalue weighted by Gasteiger charge is 2.18. The minimum atomic E-state index is -0.215. The highest BCUT2D eigenvalue weighted by atomic mass is 35.5. The number of halogens is 3. The van der Waals surface area contributed by atoms with Crippen molar-refractivity contribution < 1.29 is 9.18 Å². The van der Waals surface area contributed by atoms with E-state index in [9.17, 15) is 9.18 Å². The van der Waals surface area contributed by atoms with Gasteiger partial charge in [-0.15, -0.1) is 0 Å². The molecule has 0 bridgehead atoms. The molecule has 0 spiro atoms. The van der Waals surface area contributed by atoms with Gasteiger partial charge in [-0.3, -0.25) is 14.6 Å². The van der Waals surface area contributed by atoms with Crippen LogP contribution in [0.5, 0.6) is 0 Å². The Morgan fingerprint density at radius 3 is 2.44 bits per heavy atom. The van der Waals surface area contributed by atoms with E-state index in [2.05, 4.69) is 15.1 Å². The van der Waals surface area contributed by atoms with Gasteiger partial charge in [0.05, 0.1) is 17.3 Å². The molecule has 0 atom stereocenters. The number of hydrogen-bond acceptors (Lipinski definition) is 3. The minimum Gasteiger partial charge on any atom is -0.324 e. The summed E-state index contributed by atoms with van der Waals surface area (Å²) in [6, 6.07) is 11.6. The number of rotatable bonds is 5. The molecule has 1 N–H and O–H groups in total. The molecule has 0 radical (unpaired) electrons. The zero-order chi connectivity index (χ0) is 19.2. The number of benzene rings is 2. The van der Waals surface area contributed by atoms with E-state index in [-0.39, 0.29) is 11.7 Å². The van der Waals surface area contributed by atoms with Crippen molar-refractivity contribution in [2.45, 2.75) is 13.0 Å². The van der Waals surface area contributed by atoms with Crippen LogP contribution >= 0.6 is 23.2 Å². The van der Waals surface area contributed by atoms with E-state index in [0.29, 0.717) is 22.3 Å². The average molecular weight is 410 g/mol. The molecule has 0 aromatic heterocycles. The summed E-state index contributed by atoms with van der Waals surface area (Å²) in [5.74, 6) is -0.307. The van der Waals surface area contributed by atoms with Crippen molar-refractivity contribution in [2.24, 2.45) is 0 Å². The highest BCUT2D eigenvalue weighted by Crippen LogP contribution is 2.25. The van der Waals surface area contributed by atoms with Crippen molar-refractivity contribution in [1.29, 1.82) is 0 Å². The lowest BCUT2D eigenvalue weighted by Gasteiger charge is -2.21. The lowest BCUT2D eigenvalue weighted by Crippen LogP contribution is -2.36. The molecule has 1 saturated heterocycles. The highest BCUT2D eigenvalue weighted by molar-refractivity contribution is 6.36. The Labute approximate surface area is 168 Å². The third-order valence-electron chi connectivity index (χ3n) is 4.57. The molecule has 144 valence electrons. The fourth-order valence-corrected chi connectivity index (χ4v) is 3.63. The number of nitrogens with zero attached hydrogens (tertiary/aromatic N) is 2. The molecule has 0 aliphatic carbocycles. The third-order valence-corrected chi connectivity index (χ3v) is 5.12. The Hall–Kier alpha value is -1.66. The number of amides is 1. The van der Waals surface area contributed by atoms with Crippen LogP contribution in [-0.4, -0.2) is 48.4 Å². The van der Waals surface area contributed by atoms with Crippen molar-refractivity contribution in [1.82, 2.24) is 9.80 Å². The first-order valence-corrected chi connectivity index (χ1v) is 9.69. The minimum absolute atomic E-state index is 0.0915. The number of anilines is 1. The fraction of sp³-hybridized carbons (Fsp3) is 0.350. The van der Waals surface area contributed by atoms with E-state index in [4.69, 9.17) is 23.2 Å². The van der Waals surface area contributed by atoms with Crippen molar-refractivity contribution in [3.05, 3.63) is 63.9 Å². The maximum Gasteiger partial charge on any atom is 0.238 e. The Morgan fingerprint density at radius 2 is 1.70 bits per heavy atom. The quantitative estimate of drug-likeness (QED) is 0.800. The number of carbonyl (C=O) groups is 1. The topological polar surface area (TPSA) is 35.6 Å². The van der Waals surface area contributed by atoms with Crippen molar-refractivity contribution in [2.75, 3.05) is 38.0 Å². The molecule has 3 rings (SSSR count). The third kappa shape index (κ3) is 6.18. The Kier molecular flexibility index (Phi) is 7.07. The lowest BCUT2D eigenvalue weighted by atomic mass is 10.2. The second-order valence-corrected chi connectivity index (χ2v) is 7.55. The Bertz CT molecular complexity index is 785. The van der Waals surface area contributed by atoms with Crippen LogP contribution < -0.4 is 5.32 Å². The molecule has 1 aliphatic rings. The van der Waals surface area contributed by atoms with Gasteiger partial charge in [-0.2, -0.15) is 0 Å². The van der Waals surface area contributed by atoms with E-state index >= 15 is 0 Å². The van der Waals surface area contributed by atoms with Gasteiger partial charge in [-0.05, 0) is 55.4 Å². The molecule has 2 aromatic carbocycles. The molecule has 1 aliphatic heterocycles. The zero-order valence-corrected chi connectivity index (χ0v) is 16.4. The molecule has 4 nitrogen and oxygen atoms in total. The van der Waals surface area contributed by atoms with Crippen LogP contribution in [0.4, 0.5) is 10.1 Å². The summed E-state index contributed by atoms with van der Waals surface area (Å²) in [6.07, 6.45) is 0.982. The SMILES string of the molecule is O=C(CN1CCCN(Cc2ccc(F)cc2)CC1)Nc1ccc(Cl)cc1Cl. The van der Waals surface area contributed by atoms with Crippen LogP contribution in [0.3, 0.4) is 0 Å². The number of carbonyl (C=O) groups excluding carboxylic acids is 1. The van der Waals surface area contributed by atoms with Crippen molar-refractivity contribution in [3.8, 4) is 0 Å². The van der Waals surface area contributed by atoms with Crippen LogP contribution in [-0.2, 0) is 11.3 Å². The molecule has 2 aromatic rings. The van der Waals surface area contributed by atoms with Crippen LogP contribution in [0.25, 0.3) is 0 Å². The van der Waals surface area contributed by atoms with Gasteiger partial charge in [0.1, 0.15) is 5.82 Å². The van der Waals surface area contributed by atoms with E-state index in [1.54, 1.807) is 18.2 Å². The average Bonchev–Trinajstić information content (AvgIpc) is 2.85. The first kappa shape index (κ1) is 20.1. The maximum absolute atomic E-state index is 13.0. The summed E-state index contributed by atoms with van der Waals surface area (Å²) in [4.78, 5) is 16.8. The molecule has 1 heterocycles. The van der Waals surface area contributed by atoms with E-state index in [0.717, 1.165) is 44.7 Å². The van der Waals surface area contributed by atoms with Gasteiger partial charge in [0.15, 0.2) is 0 Å². The van der Waals surface area contributed by atoms with Crippen molar-refractivity contribution in [3.63, 3.8) is 0 Å².